The van der Waals surface area contributed by atoms with Crippen LogP contribution in [0, 0.1) is 17.7 Å². The Morgan fingerprint density at radius 2 is 1.20 bits per heavy atom. The van der Waals surface area contributed by atoms with Crippen molar-refractivity contribution < 1.29 is 42.5 Å². The minimum absolute atomic E-state index is 0.0730. The van der Waals surface area contributed by atoms with Crippen molar-refractivity contribution in [2.75, 3.05) is 0 Å². The van der Waals surface area contributed by atoms with Gasteiger partial charge in [0, 0.05) is 28.3 Å². The molecule has 0 spiro atoms. The number of halogens is 1. The molecule has 4 rings (SSSR count). The quantitative estimate of drug-likeness (QED) is 0.0563. The summed E-state index contributed by atoms with van der Waals surface area (Å²) in [6.07, 6.45) is 4.19. The highest BCUT2D eigenvalue weighted by atomic mass is 19.1. The molecule has 0 bridgehead atoms. The number of carbonyl (C=O) groups is 4. The third kappa shape index (κ3) is 9.85. The molecule has 49 heavy (non-hydrogen) atoms. The van der Waals surface area contributed by atoms with Gasteiger partial charge in [-0.2, -0.15) is 0 Å². The van der Waals surface area contributed by atoms with E-state index >= 15 is 4.39 Å². The van der Waals surface area contributed by atoms with Gasteiger partial charge in [0.15, 0.2) is 11.6 Å². The van der Waals surface area contributed by atoms with Gasteiger partial charge in [0.1, 0.15) is 17.2 Å². The van der Waals surface area contributed by atoms with Crippen LogP contribution in [0.5, 0.6) is 23.0 Å². The molecule has 0 amide bonds. The van der Waals surface area contributed by atoms with Crippen LogP contribution in [0.2, 0.25) is 0 Å². The van der Waals surface area contributed by atoms with E-state index < -0.39 is 29.7 Å². The van der Waals surface area contributed by atoms with Crippen molar-refractivity contribution in [1.82, 2.24) is 0 Å². The Bertz CT molecular complexity index is 2040. The first-order chi connectivity index (χ1) is 23.4. The lowest BCUT2D eigenvalue weighted by Gasteiger charge is -2.10. The first-order valence-electron chi connectivity index (χ1n) is 14.6. The number of benzene rings is 4. The number of rotatable bonds is 10. The van der Waals surface area contributed by atoms with E-state index in [-0.39, 0.29) is 45.1 Å². The molecular formula is C40H29FO8. The van der Waals surface area contributed by atoms with Gasteiger partial charge in [-0.1, -0.05) is 61.9 Å². The van der Waals surface area contributed by atoms with Gasteiger partial charge < -0.3 is 18.9 Å². The van der Waals surface area contributed by atoms with E-state index in [1.807, 2.05) is 0 Å². The van der Waals surface area contributed by atoms with Crippen LogP contribution < -0.4 is 18.9 Å². The SMILES string of the molecule is C=CC(=O)Oc1ccc(/C=C/c2ccc(C#Cc3ccc(OC(=O)c4ccc(OC(=O)C(=C)C)cc4)cc3)c(OC(=O)C(=C)C)c2F)cc1. The zero-order valence-corrected chi connectivity index (χ0v) is 26.6. The minimum Gasteiger partial charge on any atom is -0.423 e. The molecule has 0 fully saturated rings. The van der Waals surface area contributed by atoms with Crippen LogP contribution in [0.15, 0.2) is 122 Å². The number of hydrogen-bond acceptors (Lipinski definition) is 8. The van der Waals surface area contributed by atoms with E-state index in [0.29, 0.717) is 16.9 Å². The molecule has 0 aliphatic heterocycles. The fourth-order valence-corrected chi connectivity index (χ4v) is 3.83. The summed E-state index contributed by atoms with van der Waals surface area (Å²) in [5.74, 6) is 2.78. The summed E-state index contributed by atoms with van der Waals surface area (Å²) >= 11 is 0. The van der Waals surface area contributed by atoms with Gasteiger partial charge in [-0.15, -0.1) is 0 Å². The monoisotopic (exact) mass is 656 g/mol. The Labute approximate surface area is 282 Å². The number of esters is 4. The van der Waals surface area contributed by atoms with E-state index in [9.17, 15) is 19.2 Å². The zero-order valence-electron chi connectivity index (χ0n) is 26.6. The van der Waals surface area contributed by atoms with E-state index in [1.165, 1.54) is 68.5 Å². The molecule has 244 valence electrons. The van der Waals surface area contributed by atoms with Crippen LogP contribution >= 0.6 is 0 Å². The molecule has 4 aromatic rings. The number of hydrogen-bond donors (Lipinski definition) is 0. The highest BCUT2D eigenvalue weighted by Gasteiger charge is 2.17. The highest BCUT2D eigenvalue weighted by Crippen LogP contribution is 2.28. The third-order valence-corrected chi connectivity index (χ3v) is 6.45. The second-order valence-corrected chi connectivity index (χ2v) is 10.4. The van der Waals surface area contributed by atoms with Gasteiger partial charge >= 0.3 is 23.9 Å². The zero-order chi connectivity index (χ0) is 35.5. The van der Waals surface area contributed by atoms with Gasteiger partial charge in [0.2, 0.25) is 0 Å². The minimum atomic E-state index is -0.818. The van der Waals surface area contributed by atoms with Crippen molar-refractivity contribution in [2.24, 2.45) is 0 Å². The average molecular weight is 657 g/mol. The molecule has 0 atom stereocenters. The van der Waals surface area contributed by atoms with Crippen molar-refractivity contribution in [3.63, 3.8) is 0 Å². The molecule has 0 N–H and O–H groups in total. The van der Waals surface area contributed by atoms with E-state index in [1.54, 1.807) is 42.5 Å². The van der Waals surface area contributed by atoms with Crippen LogP contribution in [-0.2, 0) is 14.4 Å². The summed E-state index contributed by atoms with van der Waals surface area (Å²) in [5, 5.41) is 0. The van der Waals surface area contributed by atoms with E-state index in [2.05, 4.69) is 31.6 Å². The Morgan fingerprint density at radius 1 is 0.653 bits per heavy atom. The second kappa shape index (κ2) is 16.2. The third-order valence-electron chi connectivity index (χ3n) is 6.45. The Kier molecular flexibility index (Phi) is 11.6. The molecule has 0 aliphatic rings. The molecule has 0 saturated carbocycles. The highest BCUT2D eigenvalue weighted by molar-refractivity contribution is 5.92. The lowest BCUT2D eigenvalue weighted by atomic mass is 10.1. The Hall–Kier alpha value is -6.79. The van der Waals surface area contributed by atoms with Crippen molar-refractivity contribution in [2.45, 2.75) is 13.8 Å². The Morgan fingerprint density at radius 3 is 1.82 bits per heavy atom. The van der Waals surface area contributed by atoms with Gasteiger partial charge in [-0.25, -0.2) is 23.6 Å². The maximum atomic E-state index is 15.7. The molecule has 0 aromatic heterocycles. The fraction of sp³-hybridized carbons (Fsp3) is 0.0500. The maximum absolute atomic E-state index is 15.7. The van der Waals surface area contributed by atoms with Gasteiger partial charge in [-0.05, 0) is 86.1 Å². The number of carbonyl (C=O) groups excluding carboxylic acids is 4. The average Bonchev–Trinajstić information content (AvgIpc) is 3.09. The molecule has 0 aliphatic carbocycles. The van der Waals surface area contributed by atoms with E-state index in [0.717, 1.165) is 6.08 Å². The first-order valence-corrected chi connectivity index (χ1v) is 14.6. The summed E-state index contributed by atoms with van der Waals surface area (Å²) < 4.78 is 36.6. The topological polar surface area (TPSA) is 105 Å². The smallest absolute Gasteiger partial charge is 0.343 e. The lowest BCUT2D eigenvalue weighted by Crippen LogP contribution is -2.11. The van der Waals surface area contributed by atoms with Crippen LogP contribution in [0.25, 0.3) is 12.2 Å². The summed E-state index contributed by atoms with van der Waals surface area (Å²) in [7, 11) is 0. The van der Waals surface area contributed by atoms with Gasteiger partial charge in [0.05, 0.1) is 11.1 Å². The van der Waals surface area contributed by atoms with E-state index in [4.69, 9.17) is 18.9 Å². The summed E-state index contributed by atoms with van der Waals surface area (Å²) in [6.45, 7) is 13.4. The van der Waals surface area contributed by atoms with Crippen molar-refractivity contribution >= 4 is 36.0 Å². The van der Waals surface area contributed by atoms with Crippen molar-refractivity contribution in [3.8, 4) is 34.8 Å². The molecule has 8 nitrogen and oxygen atoms in total. The molecule has 0 radical (unpaired) electrons. The normalized spacial score (nSPS) is 10.3. The number of ether oxygens (including phenoxy) is 4. The summed E-state index contributed by atoms with van der Waals surface area (Å²) in [6, 6.07) is 21.7. The largest absolute Gasteiger partial charge is 0.423 e. The van der Waals surface area contributed by atoms with Crippen molar-refractivity contribution in [3.05, 3.63) is 156 Å². The predicted molar refractivity (Wildman–Crippen MR) is 182 cm³/mol. The van der Waals surface area contributed by atoms with Crippen LogP contribution in [0.1, 0.15) is 46.5 Å². The fourth-order valence-electron chi connectivity index (χ4n) is 3.83. The van der Waals surface area contributed by atoms with Gasteiger partial charge in [-0.3, -0.25) is 0 Å². The van der Waals surface area contributed by atoms with Gasteiger partial charge in [0.25, 0.3) is 0 Å². The first kappa shape index (κ1) is 35.1. The standard InChI is InChI=1S/C40H29FO8/c1-6-35(42)46-32-19-9-27(10-20-32)7-13-29-15-16-30(37(36(29)41)49-39(44)26(4)5)14-8-28-11-21-33(22-12-28)48-40(45)31-17-23-34(24-18-31)47-38(43)25(2)3/h6-7,9-13,15-24H,1-2,4H2,3,5H3/b13-7+. The second-order valence-electron chi connectivity index (χ2n) is 10.4. The molecule has 9 heteroatoms. The molecule has 0 saturated heterocycles. The lowest BCUT2D eigenvalue weighted by molar-refractivity contribution is -0.131. The predicted octanol–water partition coefficient (Wildman–Crippen LogP) is 7.67. The van der Waals surface area contributed by atoms with Crippen LogP contribution in [0.4, 0.5) is 4.39 Å². The summed E-state index contributed by atoms with van der Waals surface area (Å²) in [5.41, 5.74) is 2.00. The Balaban J connectivity index is 1.49. The molecule has 0 unspecified atom stereocenters. The van der Waals surface area contributed by atoms with Crippen LogP contribution in [0.3, 0.4) is 0 Å². The molecular weight excluding hydrogens is 627 g/mol. The van der Waals surface area contributed by atoms with Crippen molar-refractivity contribution in [1.29, 1.82) is 0 Å². The molecule has 4 aromatic carbocycles. The summed E-state index contributed by atoms with van der Waals surface area (Å²) in [4.78, 5) is 48.0. The maximum Gasteiger partial charge on any atom is 0.343 e. The van der Waals surface area contributed by atoms with Crippen LogP contribution in [-0.4, -0.2) is 23.9 Å². The molecule has 0 heterocycles.